The maximum atomic E-state index is 11.0. The highest BCUT2D eigenvalue weighted by Gasteiger charge is 2.13. The Bertz CT molecular complexity index is 312. The van der Waals surface area contributed by atoms with Crippen LogP contribution in [0.3, 0.4) is 0 Å². The largest absolute Gasteiger partial charge is 0.481 e. The average molecular weight is 355 g/mol. The molecule has 25 heavy (non-hydrogen) atoms. The van der Waals surface area contributed by atoms with E-state index in [1.807, 2.05) is 6.92 Å². The van der Waals surface area contributed by atoms with E-state index in [-0.39, 0.29) is 5.92 Å². The third-order valence-corrected chi connectivity index (χ3v) is 4.85. The van der Waals surface area contributed by atoms with Crippen LogP contribution in [0.4, 0.5) is 0 Å². The van der Waals surface area contributed by atoms with Crippen LogP contribution in [0.1, 0.15) is 110 Å². The number of carboxylic acids is 1. The number of allylic oxidation sites excluding steroid dienone is 2. The number of carbonyl (C=O) groups is 1. The van der Waals surface area contributed by atoms with Crippen molar-refractivity contribution in [3.63, 3.8) is 0 Å². The molecule has 0 fully saturated rings. The van der Waals surface area contributed by atoms with Gasteiger partial charge < -0.3 is 10.2 Å². The lowest BCUT2D eigenvalue weighted by Gasteiger charge is -2.07. The van der Waals surface area contributed by atoms with Gasteiger partial charge in [0, 0.05) is 6.61 Å². The summed E-state index contributed by atoms with van der Waals surface area (Å²) in [5, 5.41) is 17.8. The van der Waals surface area contributed by atoms with Crippen molar-refractivity contribution in [1.29, 1.82) is 0 Å². The molecule has 0 saturated carbocycles. The van der Waals surface area contributed by atoms with E-state index < -0.39 is 5.97 Å². The predicted molar refractivity (Wildman–Crippen MR) is 107 cm³/mol. The first-order valence-corrected chi connectivity index (χ1v) is 10.7. The molecule has 0 heterocycles. The Kier molecular flexibility index (Phi) is 18.8. The fourth-order valence-electron chi connectivity index (χ4n) is 3.21. The van der Waals surface area contributed by atoms with Crippen LogP contribution in [-0.4, -0.2) is 22.8 Å². The van der Waals surface area contributed by atoms with Gasteiger partial charge in [-0.15, -0.1) is 0 Å². The topological polar surface area (TPSA) is 57.5 Å². The zero-order chi connectivity index (χ0) is 18.6. The monoisotopic (exact) mass is 354 g/mol. The fraction of sp³-hybridized carbons (Fsp3) is 0.864. The Morgan fingerprint density at radius 1 is 0.800 bits per heavy atom. The van der Waals surface area contributed by atoms with Crippen molar-refractivity contribution in [3.05, 3.63) is 12.2 Å². The van der Waals surface area contributed by atoms with Crippen LogP contribution in [0.5, 0.6) is 0 Å². The lowest BCUT2D eigenvalue weighted by atomic mass is 9.99. The molecule has 0 aromatic heterocycles. The summed E-state index contributed by atoms with van der Waals surface area (Å²) >= 11 is 0. The number of hydrogen-bond donors (Lipinski definition) is 2. The maximum Gasteiger partial charge on any atom is 0.306 e. The van der Waals surface area contributed by atoms with Crippen molar-refractivity contribution >= 4 is 5.97 Å². The molecule has 148 valence electrons. The summed E-state index contributed by atoms with van der Waals surface area (Å²) in [6.45, 7) is 2.39. The number of aliphatic hydroxyl groups is 1. The van der Waals surface area contributed by atoms with E-state index in [4.69, 9.17) is 10.2 Å². The van der Waals surface area contributed by atoms with Crippen molar-refractivity contribution in [2.24, 2.45) is 5.92 Å². The maximum absolute atomic E-state index is 11.0. The van der Waals surface area contributed by atoms with Crippen LogP contribution in [0.2, 0.25) is 0 Å². The second-order valence-corrected chi connectivity index (χ2v) is 7.29. The molecule has 0 aliphatic heterocycles. The smallest absolute Gasteiger partial charge is 0.306 e. The number of rotatable bonds is 19. The summed E-state index contributed by atoms with van der Waals surface area (Å²) in [5.74, 6) is -0.854. The van der Waals surface area contributed by atoms with Gasteiger partial charge in [-0.3, -0.25) is 4.79 Å². The van der Waals surface area contributed by atoms with Crippen molar-refractivity contribution in [1.82, 2.24) is 0 Å². The Morgan fingerprint density at radius 3 is 1.72 bits per heavy atom. The molecule has 0 aliphatic carbocycles. The van der Waals surface area contributed by atoms with E-state index in [1.165, 1.54) is 70.6 Å². The average Bonchev–Trinajstić information content (AvgIpc) is 2.60. The summed E-state index contributed by atoms with van der Waals surface area (Å²) in [4.78, 5) is 11.0. The second kappa shape index (κ2) is 19.5. The minimum Gasteiger partial charge on any atom is -0.481 e. The third-order valence-electron chi connectivity index (χ3n) is 4.85. The highest BCUT2D eigenvalue weighted by atomic mass is 16.4. The van der Waals surface area contributed by atoms with Crippen LogP contribution in [0, 0.1) is 5.92 Å². The fourth-order valence-corrected chi connectivity index (χ4v) is 3.21. The number of aliphatic carboxylic acids is 1. The number of aliphatic hydroxyl groups excluding tert-OH is 1. The third kappa shape index (κ3) is 17.8. The summed E-state index contributed by atoms with van der Waals surface area (Å²) < 4.78 is 0. The second-order valence-electron chi connectivity index (χ2n) is 7.29. The van der Waals surface area contributed by atoms with Gasteiger partial charge in [-0.25, -0.2) is 0 Å². The molecule has 1 unspecified atom stereocenters. The van der Waals surface area contributed by atoms with E-state index in [0.29, 0.717) is 13.0 Å². The molecule has 0 rings (SSSR count). The summed E-state index contributed by atoms with van der Waals surface area (Å²) in [6.07, 6.45) is 23.1. The van der Waals surface area contributed by atoms with Crippen LogP contribution in [0.15, 0.2) is 12.2 Å². The van der Waals surface area contributed by atoms with E-state index in [2.05, 4.69) is 12.2 Å². The first-order valence-electron chi connectivity index (χ1n) is 10.7. The molecule has 2 N–H and O–H groups in total. The Labute approximate surface area is 155 Å². The molecule has 0 amide bonds. The van der Waals surface area contributed by atoms with Gasteiger partial charge in [0.2, 0.25) is 0 Å². The Hall–Kier alpha value is -0.830. The quantitative estimate of drug-likeness (QED) is 0.206. The molecular weight excluding hydrogens is 312 g/mol. The number of unbranched alkanes of at least 4 members (excludes halogenated alkanes) is 12. The van der Waals surface area contributed by atoms with E-state index in [1.54, 1.807) is 0 Å². The van der Waals surface area contributed by atoms with Gasteiger partial charge in [-0.2, -0.15) is 0 Å². The summed E-state index contributed by atoms with van der Waals surface area (Å²) in [6, 6.07) is 0. The molecule has 3 heteroatoms. The van der Waals surface area contributed by atoms with Gasteiger partial charge in [0.05, 0.1) is 5.92 Å². The molecule has 0 spiro atoms. The lowest BCUT2D eigenvalue weighted by molar-refractivity contribution is -0.141. The predicted octanol–water partition coefficient (Wildman–Crippen LogP) is 6.50. The molecule has 0 radical (unpaired) electrons. The number of hydrogen-bond acceptors (Lipinski definition) is 2. The SMILES string of the molecule is CCCC(CC=CCCCCCCCCCCCCCCO)C(=O)O. The van der Waals surface area contributed by atoms with Crippen molar-refractivity contribution < 1.29 is 15.0 Å². The highest BCUT2D eigenvalue weighted by molar-refractivity contribution is 5.70. The van der Waals surface area contributed by atoms with Gasteiger partial charge in [0.25, 0.3) is 0 Å². The molecule has 0 saturated heterocycles. The molecule has 0 bridgehead atoms. The standard InChI is InChI=1S/C22H42O3/c1-2-18-21(22(24)25)19-16-14-12-10-8-6-4-3-5-7-9-11-13-15-17-20-23/h14,16,21,23H,2-13,15,17-20H2,1H3,(H,24,25). The molecule has 0 aromatic rings. The van der Waals surface area contributed by atoms with E-state index in [9.17, 15) is 4.79 Å². The first-order chi connectivity index (χ1) is 12.2. The zero-order valence-electron chi connectivity index (χ0n) is 16.6. The number of carboxylic acid groups (broad SMARTS) is 1. The van der Waals surface area contributed by atoms with Crippen molar-refractivity contribution in [2.75, 3.05) is 6.61 Å². The zero-order valence-corrected chi connectivity index (χ0v) is 16.6. The Morgan fingerprint density at radius 2 is 1.28 bits per heavy atom. The summed E-state index contributed by atoms with van der Waals surface area (Å²) in [7, 11) is 0. The molecule has 3 nitrogen and oxygen atoms in total. The first kappa shape index (κ1) is 24.2. The normalized spacial score (nSPS) is 12.7. The molecule has 1 atom stereocenters. The van der Waals surface area contributed by atoms with Gasteiger partial charge in [0.15, 0.2) is 0 Å². The van der Waals surface area contributed by atoms with Crippen molar-refractivity contribution in [2.45, 2.75) is 110 Å². The summed E-state index contributed by atoms with van der Waals surface area (Å²) in [5.41, 5.74) is 0. The van der Waals surface area contributed by atoms with E-state index in [0.717, 1.165) is 25.7 Å². The van der Waals surface area contributed by atoms with Gasteiger partial charge in [-0.1, -0.05) is 89.7 Å². The van der Waals surface area contributed by atoms with Crippen molar-refractivity contribution in [3.8, 4) is 0 Å². The van der Waals surface area contributed by atoms with Gasteiger partial charge in [-0.05, 0) is 32.1 Å². The Balaban J connectivity index is 3.28. The lowest BCUT2D eigenvalue weighted by Crippen LogP contribution is -2.12. The molecule has 0 aliphatic rings. The van der Waals surface area contributed by atoms with Crippen LogP contribution in [0.25, 0.3) is 0 Å². The van der Waals surface area contributed by atoms with Crippen LogP contribution >= 0.6 is 0 Å². The minimum absolute atomic E-state index is 0.198. The van der Waals surface area contributed by atoms with Crippen LogP contribution in [-0.2, 0) is 4.79 Å². The highest BCUT2D eigenvalue weighted by Crippen LogP contribution is 2.14. The van der Waals surface area contributed by atoms with Gasteiger partial charge >= 0.3 is 5.97 Å². The minimum atomic E-state index is -0.656. The molecular formula is C22H42O3. The van der Waals surface area contributed by atoms with Crippen LogP contribution < -0.4 is 0 Å². The van der Waals surface area contributed by atoms with Gasteiger partial charge in [0.1, 0.15) is 0 Å². The van der Waals surface area contributed by atoms with E-state index >= 15 is 0 Å². The molecule has 0 aromatic carbocycles.